The largest absolute Gasteiger partial charge is 0.346 e. The normalized spacial score (nSPS) is 12.5. The van der Waals surface area contributed by atoms with E-state index in [0.717, 1.165) is 11.3 Å². The van der Waals surface area contributed by atoms with Gasteiger partial charge in [-0.3, -0.25) is 4.79 Å². The molecule has 3 rings (SSSR count). The molecule has 0 saturated carbocycles. The number of hydrogen-bond acceptors (Lipinski definition) is 5. The van der Waals surface area contributed by atoms with Gasteiger partial charge in [0.2, 0.25) is 0 Å². The van der Waals surface area contributed by atoms with Crippen LogP contribution in [0.5, 0.6) is 0 Å². The second-order valence-electron chi connectivity index (χ2n) is 6.39. The quantitative estimate of drug-likeness (QED) is 0.704. The average molecular weight is 384 g/mol. The van der Waals surface area contributed by atoms with Gasteiger partial charge in [-0.1, -0.05) is 24.3 Å². The van der Waals surface area contributed by atoms with Crippen LogP contribution in [0.25, 0.3) is 5.69 Å². The monoisotopic (exact) mass is 384 g/mol. The number of sulfone groups is 1. The molecule has 7 nitrogen and oxygen atoms in total. The molecule has 1 heterocycles. The van der Waals surface area contributed by atoms with E-state index in [-0.39, 0.29) is 17.7 Å². The zero-order chi connectivity index (χ0) is 19.4. The highest BCUT2D eigenvalue weighted by molar-refractivity contribution is 7.89. The van der Waals surface area contributed by atoms with E-state index in [4.69, 9.17) is 0 Å². The lowest BCUT2D eigenvalue weighted by Crippen LogP contribution is -2.26. The molecule has 1 atom stereocenters. The van der Waals surface area contributed by atoms with E-state index in [2.05, 4.69) is 15.4 Å². The van der Waals surface area contributed by atoms with Crippen LogP contribution >= 0.6 is 0 Å². The summed E-state index contributed by atoms with van der Waals surface area (Å²) in [5.74, 6) is -0.252. The van der Waals surface area contributed by atoms with Crippen LogP contribution in [-0.2, 0) is 15.6 Å². The van der Waals surface area contributed by atoms with Gasteiger partial charge in [0.05, 0.1) is 17.5 Å². The minimum atomic E-state index is -3.10. The van der Waals surface area contributed by atoms with Crippen molar-refractivity contribution in [2.45, 2.75) is 18.7 Å². The molecule has 1 aromatic heterocycles. The smallest absolute Gasteiger partial charge is 0.251 e. The van der Waals surface area contributed by atoms with Gasteiger partial charge in [-0.15, -0.1) is 0 Å². The molecule has 2 aromatic carbocycles. The van der Waals surface area contributed by atoms with Crippen LogP contribution in [0.2, 0.25) is 0 Å². The van der Waals surface area contributed by atoms with Crippen LogP contribution in [0.4, 0.5) is 0 Å². The molecule has 3 aromatic rings. The number of amides is 1. The Labute approximate surface area is 158 Å². The van der Waals surface area contributed by atoms with Crippen molar-refractivity contribution in [3.05, 3.63) is 77.9 Å². The van der Waals surface area contributed by atoms with E-state index in [1.54, 1.807) is 35.3 Å². The molecule has 140 valence electrons. The van der Waals surface area contributed by atoms with Crippen molar-refractivity contribution < 1.29 is 13.2 Å². The van der Waals surface area contributed by atoms with E-state index in [1.165, 1.54) is 12.6 Å². The fraction of sp³-hybridized carbons (Fsp3) is 0.211. The predicted octanol–water partition coefficient (Wildman–Crippen LogP) is 2.30. The third-order valence-electron chi connectivity index (χ3n) is 4.07. The lowest BCUT2D eigenvalue weighted by Gasteiger charge is -2.15. The standard InChI is InChI=1S/C19H20N4O3S/c1-14(16-7-9-18(10-8-16)23-13-20-12-21-23)22-19(24)17-5-3-15(4-6-17)11-27(2,25)26/h3-10,12-14H,11H2,1-2H3,(H,22,24). The first-order valence-corrected chi connectivity index (χ1v) is 10.4. The first-order chi connectivity index (χ1) is 12.8. The summed E-state index contributed by atoms with van der Waals surface area (Å²) in [6.45, 7) is 1.90. The molecule has 1 N–H and O–H groups in total. The molecule has 0 aliphatic heterocycles. The third kappa shape index (κ3) is 5.01. The first-order valence-electron chi connectivity index (χ1n) is 8.34. The third-order valence-corrected chi connectivity index (χ3v) is 4.93. The average Bonchev–Trinajstić information content (AvgIpc) is 3.15. The Morgan fingerprint density at radius 2 is 1.78 bits per heavy atom. The number of benzene rings is 2. The van der Waals surface area contributed by atoms with Crippen LogP contribution in [0, 0.1) is 0 Å². The summed E-state index contributed by atoms with van der Waals surface area (Å²) < 4.78 is 24.3. The Balaban J connectivity index is 1.65. The van der Waals surface area contributed by atoms with Crippen LogP contribution in [-0.4, -0.2) is 35.3 Å². The Morgan fingerprint density at radius 3 is 2.33 bits per heavy atom. The molecule has 0 spiro atoms. The predicted molar refractivity (Wildman–Crippen MR) is 102 cm³/mol. The van der Waals surface area contributed by atoms with Crippen LogP contribution in [0.3, 0.4) is 0 Å². The molecule has 1 amide bonds. The summed E-state index contributed by atoms with van der Waals surface area (Å²) in [4.78, 5) is 16.3. The second-order valence-corrected chi connectivity index (χ2v) is 8.53. The van der Waals surface area contributed by atoms with Gasteiger partial charge in [0.1, 0.15) is 12.7 Å². The van der Waals surface area contributed by atoms with Crippen molar-refractivity contribution >= 4 is 15.7 Å². The van der Waals surface area contributed by atoms with Crippen LogP contribution in [0.15, 0.2) is 61.2 Å². The molecule has 0 bridgehead atoms. The van der Waals surface area contributed by atoms with Crippen molar-refractivity contribution in [1.82, 2.24) is 20.1 Å². The summed E-state index contributed by atoms with van der Waals surface area (Å²) >= 11 is 0. The van der Waals surface area contributed by atoms with Gasteiger partial charge in [0.15, 0.2) is 9.84 Å². The lowest BCUT2D eigenvalue weighted by molar-refractivity contribution is 0.0940. The highest BCUT2D eigenvalue weighted by Gasteiger charge is 2.12. The minimum absolute atomic E-state index is 0.0383. The lowest BCUT2D eigenvalue weighted by atomic mass is 10.1. The highest BCUT2D eigenvalue weighted by atomic mass is 32.2. The maximum absolute atomic E-state index is 12.4. The topological polar surface area (TPSA) is 94.0 Å². The summed E-state index contributed by atoms with van der Waals surface area (Å²) in [6.07, 6.45) is 4.27. The van der Waals surface area contributed by atoms with Gasteiger partial charge in [0.25, 0.3) is 5.91 Å². The van der Waals surface area contributed by atoms with Crippen molar-refractivity contribution in [1.29, 1.82) is 0 Å². The number of hydrogen-bond donors (Lipinski definition) is 1. The number of aromatic nitrogens is 3. The summed E-state index contributed by atoms with van der Waals surface area (Å²) in [7, 11) is -3.10. The number of carbonyl (C=O) groups is 1. The van der Waals surface area contributed by atoms with Crippen molar-refractivity contribution in [3.63, 3.8) is 0 Å². The Bertz CT molecular complexity index is 1010. The Morgan fingerprint density at radius 1 is 1.11 bits per heavy atom. The first kappa shape index (κ1) is 18.8. The van der Waals surface area contributed by atoms with Crippen LogP contribution in [0.1, 0.15) is 34.5 Å². The molecule has 8 heteroatoms. The van der Waals surface area contributed by atoms with E-state index in [9.17, 15) is 13.2 Å². The Hall–Kier alpha value is -3.00. The van der Waals surface area contributed by atoms with Gasteiger partial charge in [-0.05, 0) is 42.3 Å². The number of rotatable bonds is 6. The molecule has 1 unspecified atom stereocenters. The zero-order valence-electron chi connectivity index (χ0n) is 15.0. The van der Waals surface area contributed by atoms with Gasteiger partial charge in [-0.25, -0.2) is 18.1 Å². The maximum Gasteiger partial charge on any atom is 0.251 e. The molecule has 0 fully saturated rings. The van der Waals surface area contributed by atoms with E-state index >= 15 is 0 Å². The number of nitrogens with zero attached hydrogens (tertiary/aromatic N) is 3. The van der Waals surface area contributed by atoms with Crippen molar-refractivity contribution in [2.24, 2.45) is 0 Å². The fourth-order valence-electron chi connectivity index (χ4n) is 2.68. The number of carbonyl (C=O) groups excluding carboxylic acids is 1. The van der Waals surface area contributed by atoms with Gasteiger partial charge < -0.3 is 5.32 Å². The molecule has 0 aliphatic carbocycles. The van der Waals surface area contributed by atoms with E-state index in [0.29, 0.717) is 11.1 Å². The SMILES string of the molecule is CC(NC(=O)c1ccc(CS(C)(=O)=O)cc1)c1ccc(-n2cncn2)cc1. The molecule has 27 heavy (non-hydrogen) atoms. The second kappa shape index (κ2) is 7.71. The summed E-state index contributed by atoms with van der Waals surface area (Å²) in [6, 6.07) is 14.1. The zero-order valence-corrected chi connectivity index (χ0v) is 15.8. The van der Waals surface area contributed by atoms with E-state index in [1.807, 2.05) is 31.2 Å². The fourth-order valence-corrected chi connectivity index (χ4v) is 3.47. The van der Waals surface area contributed by atoms with Crippen molar-refractivity contribution in [3.8, 4) is 5.69 Å². The molecular formula is C19H20N4O3S. The molecule has 0 radical (unpaired) electrons. The summed E-state index contributed by atoms with van der Waals surface area (Å²) in [5, 5.41) is 7.02. The summed E-state index contributed by atoms with van der Waals surface area (Å²) in [5.41, 5.74) is 2.99. The van der Waals surface area contributed by atoms with Gasteiger partial charge in [0, 0.05) is 11.8 Å². The van der Waals surface area contributed by atoms with Gasteiger partial charge in [-0.2, -0.15) is 5.10 Å². The Kier molecular flexibility index (Phi) is 5.36. The van der Waals surface area contributed by atoms with Crippen molar-refractivity contribution in [2.75, 3.05) is 6.26 Å². The molecule has 0 saturated heterocycles. The minimum Gasteiger partial charge on any atom is -0.346 e. The van der Waals surface area contributed by atoms with Gasteiger partial charge >= 0.3 is 0 Å². The maximum atomic E-state index is 12.4. The molecular weight excluding hydrogens is 364 g/mol. The number of nitrogens with one attached hydrogen (secondary N) is 1. The van der Waals surface area contributed by atoms with E-state index < -0.39 is 9.84 Å². The molecule has 0 aliphatic rings. The highest BCUT2D eigenvalue weighted by Crippen LogP contribution is 2.16. The van der Waals surface area contributed by atoms with Crippen LogP contribution < -0.4 is 5.32 Å².